The Kier molecular flexibility index (Phi) is 3.96. The molecular weight excluding hydrogens is 295 g/mol. The molecule has 0 aromatic heterocycles. The predicted octanol–water partition coefficient (Wildman–Crippen LogP) is 2.07. The van der Waals surface area contributed by atoms with Gasteiger partial charge >= 0.3 is 10.1 Å². The molecule has 1 aromatic rings. The zero-order valence-corrected chi connectivity index (χ0v) is 11.6. The first-order valence-corrected chi connectivity index (χ1v) is 7.69. The van der Waals surface area contributed by atoms with Gasteiger partial charge in [-0.05, 0) is 12.5 Å². The maximum atomic E-state index is 13.7. The van der Waals surface area contributed by atoms with Gasteiger partial charge in [-0.2, -0.15) is 8.42 Å². The van der Waals surface area contributed by atoms with Crippen molar-refractivity contribution in [2.24, 2.45) is 4.99 Å². The molecular formula is C11H12ClFN2O3S. The highest BCUT2D eigenvalue weighted by molar-refractivity contribution is 7.86. The molecule has 1 heterocycles. The van der Waals surface area contributed by atoms with Crippen molar-refractivity contribution < 1.29 is 17.0 Å². The fourth-order valence-corrected chi connectivity index (χ4v) is 2.36. The van der Waals surface area contributed by atoms with Gasteiger partial charge in [-0.25, -0.2) is 4.39 Å². The van der Waals surface area contributed by atoms with E-state index in [4.69, 9.17) is 15.8 Å². The van der Waals surface area contributed by atoms with Gasteiger partial charge in [0.05, 0.1) is 23.0 Å². The van der Waals surface area contributed by atoms with E-state index in [0.717, 1.165) is 18.7 Å². The van der Waals surface area contributed by atoms with E-state index in [1.54, 1.807) is 6.21 Å². The smallest absolute Gasteiger partial charge is 0.306 e. The minimum absolute atomic E-state index is 0.0817. The number of benzene rings is 1. The monoisotopic (exact) mass is 306 g/mol. The van der Waals surface area contributed by atoms with Crippen LogP contribution in [0.4, 0.5) is 10.1 Å². The van der Waals surface area contributed by atoms with E-state index in [9.17, 15) is 12.8 Å². The zero-order chi connectivity index (χ0) is 14.0. The third-order valence-electron chi connectivity index (χ3n) is 2.46. The average molecular weight is 307 g/mol. The summed E-state index contributed by atoms with van der Waals surface area (Å²) in [7, 11) is -3.72. The van der Waals surface area contributed by atoms with Crippen molar-refractivity contribution in [3.8, 4) is 5.75 Å². The van der Waals surface area contributed by atoms with Crippen LogP contribution in [0.15, 0.2) is 17.1 Å². The number of nitrogens with one attached hydrogen (secondary N) is 1. The van der Waals surface area contributed by atoms with Crippen LogP contribution in [-0.2, 0) is 10.1 Å². The van der Waals surface area contributed by atoms with Crippen molar-refractivity contribution in [3.63, 3.8) is 0 Å². The summed E-state index contributed by atoms with van der Waals surface area (Å²) >= 11 is 5.74. The summed E-state index contributed by atoms with van der Waals surface area (Å²) in [5.41, 5.74) is 0.126. The van der Waals surface area contributed by atoms with Crippen LogP contribution in [0, 0.1) is 5.82 Å². The van der Waals surface area contributed by atoms with E-state index < -0.39 is 15.9 Å². The first-order chi connectivity index (χ1) is 8.85. The molecule has 5 nitrogen and oxygen atoms in total. The van der Waals surface area contributed by atoms with Crippen molar-refractivity contribution in [2.45, 2.75) is 12.5 Å². The molecule has 0 fully saturated rings. The van der Waals surface area contributed by atoms with Crippen LogP contribution in [0.5, 0.6) is 5.75 Å². The number of nitrogens with zero attached hydrogens (tertiary/aromatic N) is 1. The highest BCUT2D eigenvalue weighted by Gasteiger charge is 2.17. The number of anilines is 1. The normalized spacial score (nSPS) is 18.6. The van der Waals surface area contributed by atoms with Crippen LogP contribution >= 0.6 is 11.6 Å². The van der Waals surface area contributed by atoms with Crippen molar-refractivity contribution in [1.29, 1.82) is 0 Å². The molecule has 0 amide bonds. The lowest BCUT2D eigenvalue weighted by Crippen LogP contribution is -2.19. The molecule has 1 aliphatic heterocycles. The minimum atomic E-state index is -3.72. The second-order valence-corrected chi connectivity index (χ2v) is 6.13. The van der Waals surface area contributed by atoms with Crippen LogP contribution in [0.1, 0.15) is 6.42 Å². The number of hydrogen-bond donors (Lipinski definition) is 1. The molecule has 0 spiro atoms. The average Bonchev–Trinajstić information content (AvgIpc) is 2.76. The summed E-state index contributed by atoms with van der Waals surface area (Å²) in [6, 6.07) is 2.16. The van der Waals surface area contributed by atoms with Crippen LogP contribution in [0.3, 0.4) is 0 Å². The standard InChI is InChI=1S/C11H12ClFN2O3S/c1-19(16,17)18-11-5-10(9(13)4-8(11)12)15-7-2-3-14-6-7/h4-7,15H,2-3H2,1H3. The Hall–Kier alpha value is -1.34. The lowest BCUT2D eigenvalue weighted by molar-refractivity contribution is 0.492. The topological polar surface area (TPSA) is 67.8 Å². The van der Waals surface area contributed by atoms with Gasteiger partial charge in [0.1, 0.15) is 5.82 Å². The number of aliphatic imine (C=N–C) groups is 1. The predicted molar refractivity (Wildman–Crippen MR) is 72.3 cm³/mol. The Bertz CT molecular complexity index is 619. The summed E-state index contributed by atoms with van der Waals surface area (Å²) in [5, 5.41) is 2.80. The Morgan fingerprint density at radius 1 is 1.53 bits per heavy atom. The number of rotatable bonds is 4. The third kappa shape index (κ3) is 3.81. The second kappa shape index (κ2) is 5.34. The summed E-state index contributed by atoms with van der Waals surface area (Å²) in [4.78, 5) is 4.03. The maximum Gasteiger partial charge on any atom is 0.306 e. The van der Waals surface area contributed by atoms with Crippen LogP contribution < -0.4 is 9.50 Å². The van der Waals surface area contributed by atoms with Crippen LogP contribution in [0.2, 0.25) is 5.02 Å². The molecule has 0 radical (unpaired) electrons. The highest BCUT2D eigenvalue weighted by atomic mass is 35.5. The van der Waals surface area contributed by atoms with Gasteiger partial charge in [-0.3, -0.25) is 4.99 Å². The van der Waals surface area contributed by atoms with Gasteiger partial charge in [-0.1, -0.05) is 11.6 Å². The largest absolute Gasteiger partial charge is 0.381 e. The molecule has 1 atom stereocenters. The molecule has 0 saturated heterocycles. The Morgan fingerprint density at radius 2 is 2.26 bits per heavy atom. The molecule has 0 aliphatic carbocycles. The summed E-state index contributed by atoms with van der Waals surface area (Å²) in [5.74, 6) is -0.686. The molecule has 0 saturated carbocycles. The number of halogens is 2. The van der Waals surface area contributed by atoms with Crippen molar-refractivity contribution in [1.82, 2.24) is 0 Å². The molecule has 1 aromatic carbocycles. The first-order valence-electron chi connectivity index (χ1n) is 5.50. The molecule has 1 aliphatic rings. The maximum absolute atomic E-state index is 13.7. The SMILES string of the molecule is CS(=O)(=O)Oc1cc(NC2C=NCC2)c(F)cc1Cl. The molecule has 2 rings (SSSR count). The van der Waals surface area contributed by atoms with Gasteiger partial charge in [0, 0.05) is 18.8 Å². The van der Waals surface area contributed by atoms with Gasteiger partial charge in [0.15, 0.2) is 5.75 Å². The molecule has 1 unspecified atom stereocenters. The van der Waals surface area contributed by atoms with Gasteiger partial charge < -0.3 is 9.50 Å². The van der Waals surface area contributed by atoms with Crippen molar-refractivity contribution in [2.75, 3.05) is 18.1 Å². The van der Waals surface area contributed by atoms with Gasteiger partial charge in [0.25, 0.3) is 0 Å². The first kappa shape index (κ1) is 14.1. The lowest BCUT2D eigenvalue weighted by atomic mass is 10.2. The molecule has 8 heteroatoms. The van der Waals surface area contributed by atoms with E-state index in [1.807, 2.05) is 0 Å². The van der Waals surface area contributed by atoms with Gasteiger partial charge in [0.2, 0.25) is 0 Å². The zero-order valence-electron chi connectivity index (χ0n) is 10.1. The quantitative estimate of drug-likeness (QED) is 0.865. The van der Waals surface area contributed by atoms with Crippen LogP contribution in [-0.4, -0.2) is 33.5 Å². The molecule has 104 valence electrons. The second-order valence-electron chi connectivity index (χ2n) is 4.14. The van der Waals surface area contributed by atoms with E-state index in [1.165, 1.54) is 6.07 Å². The number of hydrogen-bond acceptors (Lipinski definition) is 5. The lowest BCUT2D eigenvalue weighted by Gasteiger charge is -2.14. The summed E-state index contributed by atoms with van der Waals surface area (Å²) in [6.45, 7) is 0.680. The molecule has 0 bridgehead atoms. The van der Waals surface area contributed by atoms with Crippen molar-refractivity contribution >= 4 is 33.6 Å². The fourth-order valence-electron chi connectivity index (χ4n) is 1.67. The summed E-state index contributed by atoms with van der Waals surface area (Å²) < 4.78 is 40.6. The van der Waals surface area contributed by atoms with Crippen molar-refractivity contribution in [3.05, 3.63) is 23.0 Å². The molecule has 1 N–H and O–H groups in total. The fraction of sp³-hybridized carbons (Fsp3) is 0.364. The van der Waals surface area contributed by atoms with Crippen LogP contribution in [0.25, 0.3) is 0 Å². The van der Waals surface area contributed by atoms with E-state index in [0.29, 0.717) is 6.54 Å². The van der Waals surface area contributed by atoms with E-state index >= 15 is 0 Å². The highest BCUT2D eigenvalue weighted by Crippen LogP contribution is 2.31. The van der Waals surface area contributed by atoms with E-state index in [2.05, 4.69) is 10.3 Å². The Morgan fingerprint density at radius 3 is 2.84 bits per heavy atom. The summed E-state index contributed by atoms with van der Waals surface area (Å²) in [6.07, 6.45) is 3.33. The van der Waals surface area contributed by atoms with E-state index in [-0.39, 0.29) is 22.5 Å². The minimum Gasteiger partial charge on any atom is -0.381 e. The third-order valence-corrected chi connectivity index (χ3v) is 3.24. The Labute approximate surface area is 115 Å². The Balaban J connectivity index is 2.27. The van der Waals surface area contributed by atoms with Gasteiger partial charge in [-0.15, -0.1) is 0 Å². The molecule has 19 heavy (non-hydrogen) atoms.